The molecule has 0 radical (unpaired) electrons. The van der Waals surface area contributed by atoms with Gasteiger partial charge in [0.2, 0.25) is 5.91 Å². The summed E-state index contributed by atoms with van der Waals surface area (Å²) >= 11 is 0. The van der Waals surface area contributed by atoms with Crippen molar-refractivity contribution in [3.63, 3.8) is 0 Å². The van der Waals surface area contributed by atoms with E-state index in [0.717, 1.165) is 38.5 Å². The number of nitrogens with zero attached hydrogens (tertiary/aromatic N) is 1. The molecule has 0 aliphatic heterocycles. The molecular formula is C28H57N2O6P. The Kier molecular flexibility index (Phi) is 21.6. The van der Waals surface area contributed by atoms with Crippen LogP contribution in [0.15, 0.2) is 12.2 Å². The van der Waals surface area contributed by atoms with Crippen LogP contribution in [-0.4, -0.2) is 68.5 Å². The lowest BCUT2D eigenvalue weighted by molar-refractivity contribution is -0.870. The Hall–Kier alpha value is -0.760. The van der Waals surface area contributed by atoms with Gasteiger partial charge >= 0.3 is 0 Å². The SMILES string of the molecule is CCCC/C=C/C(O)C(COP(=O)([O-])OCC[N+](C)(C)C)NC(=O)CCCCCCCCCCCCC. The van der Waals surface area contributed by atoms with Gasteiger partial charge in [-0.15, -0.1) is 0 Å². The van der Waals surface area contributed by atoms with Crippen molar-refractivity contribution in [2.45, 2.75) is 122 Å². The van der Waals surface area contributed by atoms with Gasteiger partial charge in [-0.2, -0.15) is 0 Å². The van der Waals surface area contributed by atoms with Crippen molar-refractivity contribution in [3.05, 3.63) is 12.2 Å². The van der Waals surface area contributed by atoms with Crippen molar-refractivity contribution in [1.29, 1.82) is 0 Å². The maximum Gasteiger partial charge on any atom is 0.268 e. The number of carbonyl (C=O) groups is 1. The minimum absolute atomic E-state index is 0.000362. The molecule has 0 aliphatic carbocycles. The molecular weight excluding hydrogens is 491 g/mol. The Morgan fingerprint density at radius 3 is 2.00 bits per heavy atom. The highest BCUT2D eigenvalue weighted by Gasteiger charge is 2.23. The van der Waals surface area contributed by atoms with E-state index in [0.29, 0.717) is 17.4 Å². The van der Waals surface area contributed by atoms with Crippen LogP contribution in [0.1, 0.15) is 110 Å². The van der Waals surface area contributed by atoms with E-state index in [2.05, 4.69) is 19.2 Å². The summed E-state index contributed by atoms with van der Waals surface area (Å²) < 4.78 is 22.7. The largest absolute Gasteiger partial charge is 0.756 e. The van der Waals surface area contributed by atoms with Crippen LogP contribution in [-0.2, 0) is 18.4 Å². The van der Waals surface area contributed by atoms with E-state index < -0.39 is 20.0 Å². The molecule has 9 heteroatoms. The van der Waals surface area contributed by atoms with Crippen LogP contribution in [0.3, 0.4) is 0 Å². The molecule has 1 amide bonds. The number of phosphoric acid groups is 1. The summed E-state index contributed by atoms with van der Waals surface area (Å²) in [5, 5.41) is 13.3. The Labute approximate surface area is 227 Å². The summed E-state index contributed by atoms with van der Waals surface area (Å²) in [5.41, 5.74) is 0. The molecule has 3 unspecified atom stereocenters. The second-order valence-electron chi connectivity index (χ2n) is 11.1. The number of aliphatic hydroxyl groups is 1. The number of aliphatic hydroxyl groups excluding tert-OH is 1. The molecule has 0 aromatic heterocycles. The van der Waals surface area contributed by atoms with E-state index >= 15 is 0 Å². The molecule has 0 aromatic rings. The molecule has 0 aliphatic rings. The van der Waals surface area contributed by atoms with Gasteiger partial charge in [0.1, 0.15) is 13.2 Å². The van der Waals surface area contributed by atoms with Crippen molar-refractivity contribution in [2.75, 3.05) is 40.9 Å². The minimum Gasteiger partial charge on any atom is -0.756 e. The standard InChI is InChI=1S/C28H57N2O6P/c1-6-8-10-12-13-14-15-16-17-18-20-22-28(32)29-26(27(31)21-19-11-9-7-2)25-36-37(33,34)35-24-23-30(3,4)5/h19,21,26-27,31H,6-18,20,22-25H2,1-5H3,(H-,29,32,33,34)/b21-19+. The van der Waals surface area contributed by atoms with Crippen molar-refractivity contribution in [1.82, 2.24) is 5.32 Å². The molecule has 220 valence electrons. The van der Waals surface area contributed by atoms with Gasteiger partial charge in [0, 0.05) is 6.42 Å². The van der Waals surface area contributed by atoms with Crippen LogP contribution in [0, 0.1) is 0 Å². The number of quaternary nitrogens is 1. The number of nitrogens with one attached hydrogen (secondary N) is 1. The van der Waals surface area contributed by atoms with E-state index in [4.69, 9.17) is 9.05 Å². The highest BCUT2D eigenvalue weighted by atomic mass is 31.2. The number of phosphoric ester groups is 1. The van der Waals surface area contributed by atoms with Crippen LogP contribution in [0.4, 0.5) is 0 Å². The van der Waals surface area contributed by atoms with Gasteiger partial charge in [0.05, 0.1) is 39.9 Å². The average Bonchev–Trinajstić information content (AvgIpc) is 2.81. The predicted octanol–water partition coefficient (Wildman–Crippen LogP) is 5.49. The second kappa shape index (κ2) is 22.1. The lowest BCUT2D eigenvalue weighted by atomic mass is 10.0. The molecule has 0 saturated carbocycles. The molecule has 0 heterocycles. The third-order valence-electron chi connectivity index (χ3n) is 6.25. The predicted molar refractivity (Wildman–Crippen MR) is 150 cm³/mol. The molecule has 0 fully saturated rings. The van der Waals surface area contributed by atoms with E-state index in [1.54, 1.807) is 6.08 Å². The fraction of sp³-hybridized carbons (Fsp3) is 0.893. The lowest BCUT2D eigenvalue weighted by Gasteiger charge is -2.29. The summed E-state index contributed by atoms with van der Waals surface area (Å²) in [6, 6.07) is -0.873. The average molecular weight is 549 g/mol. The monoisotopic (exact) mass is 548 g/mol. The molecule has 0 spiro atoms. The molecule has 0 aromatic carbocycles. The summed E-state index contributed by atoms with van der Waals surface area (Å²) in [5.74, 6) is -0.211. The van der Waals surface area contributed by atoms with Gasteiger partial charge in [-0.3, -0.25) is 9.36 Å². The van der Waals surface area contributed by atoms with E-state index in [-0.39, 0.29) is 19.1 Å². The highest BCUT2D eigenvalue weighted by Crippen LogP contribution is 2.38. The van der Waals surface area contributed by atoms with Gasteiger partial charge in [-0.25, -0.2) is 0 Å². The molecule has 8 nitrogen and oxygen atoms in total. The van der Waals surface area contributed by atoms with E-state index in [9.17, 15) is 19.4 Å². The van der Waals surface area contributed by atoms with Gasteiger partial charge in [-0.1, -0.05) is 103 Å². The second-order valence-corrected chi connectivity index (χ2v) is 12.5. The molecule has 37 heavy (non-hydrogen) atoms. The quantitative estimate of drug-likeness (QED) is 0.0676. The number of allylic oxidation sites excluding steroid dienone is 1. The third kappa shape index (κ3) is 24.0. The zero-order chi connectivity index (χ0) is 28.0. The zero-order valence-electron chi connectivity index (χ0n) is 24.4. The number of amides is 1. The summed E-state index contributed by atoms with van der Waals surface area (Å²) in [7, 11) is 1.25. The molecule has 0 saturated heterocycles. The number of hydrogen-bond acceptors (Lipinski definition) is 6. The Bertz CT molecular complexity index is 639. The van der Waals surface area contributed by atoms with E-state index in [1.165, 1.54) is 51.4 Å². The van der Waals surface area contributed by atoms with Crippen molar-refractivity contribution >= 4 is 13.7 Å². The van der Waals surface area contributed by atoms with Gasteiger partial charge < -0.3 is 28.8 Å². The third-order valence-corrected chi connectivity index (χ3v) is 7.21. The van der Waals surface area contributed by atoms with Crippen molar-refractivity contribution in [2.24, 2.45) is 0 Å². The van der Waals surface area contributed by atoms with Crippen molar-refractivity contribution in [3.8, 4) is 0 Å². The first-order chi connectivity index (χ1) is 17.5. The number of rotatable bonds is 25. The van der Waals surface area contributed by atoms with Gasteiger partial charge in [0.15, 0.2) is 0 Å². The Balaban J connectivity index is 4.49. The highest BCUT2D eigenvalue weighted by molar-refractivity contribution is 7.45. The van der Waals surface area contributed by atoms with Gasteiger partial charge in [-0.05, 0) is 12.8 Å². The van der Waals surface area contributed by atoms with Crippen molar-refractivity contribution < 1.29 is 32.9 Å². The Morgan fingerprint density at radius 1 is 0.919 bits per heavy atom. The lowest BCUT2D eigenvalue weighted by Crippen LogP contribution is -2.45. The smallest absolute Gasteiger partial charge is 0.268 e. The normalized spacial score (nSPS) is 15.5. The topological polar surface area (TPSA) is 108 Å². The molecule has 3 atom stereocenters. The van der Waals surface area contributed by atoms with Gasteiger partial charge in [0.25, 0.3) is 7.82 Å². The van der Waals surface area contributed by atoms with Crippen LogP contribution in [0.2, 0.25) is 0 Å². The first-order valence-corrected chi connectivity index (χ1v) is 16.0. The zero-order valence-corrected chi connectivity index (χ0v) is 25.3. The minimum atomic E-state index is -4.55. The van der Waals surface area contributed by atoms with Crippen LogP contribution in [0.5, 0.6) is 0 Å². The van der Waals surface area contributed by atoms with Crippen LogP contribution >= 0.6 is 7.82 Å². The number of hydrogen-bond donors (Lipinski definition) is 2. The summed E-state index contributed by atoms with van der Waals surface area (Å²) in [6.07, 6.45) is 18.8. The molecule has 0 bridgehead atoms. The molecule has 0 rings (SSSR count). The van der Waals surface area contributed by atoms with E-state index in [1.807, 2.05) is 27.2 Å². The number of likely N-dealkylation sites (N-methyl/N-ethyl adjacent to an activating group) is 1. The fourth-order valence-electron chi connectivity index (χ4n) is 3.78. The van der Waals surface area contributed by atoms with Crippen LogP contribution in [0.25, 0.3) is 0 Å². The number of carbonyl (C=O) groups excluding carboxylic acids is 1. The number of unbranched alkanes of at least 4 members (excludes halogenated alkanes) is 12. The first kappa shape index (κ1) is 36.2. The molecule has 2 N–H and O–H groups in total. The maximum atomic E-state index is 12.5. The fourth-order valence-corrected chi connectivity index (χ4v) is 4.50. The van der Waals surface area contributed by atoms with Crippen LogP contribution < -0.4 is 10.2 Å². The summed E-state index contributed by atoms with van der Waals surface area (Å²) in [6.45, 7) is 4.43. The Morgan fingerprint density at radius 2 is 1.46 bits per heavy atom. The summed E-state index contributed by atoms with van der Waals surface area (Å²) in [4.78, 5) is 24.7. The maximum absolute atomic E-state index is 12.5. The first-order valence-electron chi connectivity index (χ1n) is 14.6.